The fourth-order valence-electron chi connectivity index (χ4n) is 3.09. The molecule has 0 aliphatic heterocycles. The molecule has 1 saturated carbocycles. The Labute approximate surface area is 134 Å². The van der Waals surface area contributed by atoms with Crippen LogP contribution in [0.25, 0.3) is 0 Å². The van der Waals surface area contributed by atoms with Crippen molar-refractivity contribution in [2.45, 2.75) is 18.8 Å². The molecule has 104 valence electrons. The maximum absolute atomic E-state index is 6.29. The molecule has 2 aromatic rings. The first-order chi connectivity index (χ1) is 9.79. The average Bonchev–Trinajstić information content (AvgIpc) is 3.28. The van der Waals surface area contributed by atoms with Crippen LogP contribution in [-0.4, -0.2) is 5.33 Å². The van der Waals surface area contributed by atoms with Crippen molar-refractivity contribution in [1.29, 1.82) is 0 Å². The van der Waals surface area contributed by atoms with Crippen molar-refractivity contribution in [1.82, 2.24) is 0 Å². The van der Waals surface area contributed by atoms with Crippen LogP contribution in [0.15, 0.2) is 54.6 Å². The zero-order valence-electron chi connectivity index (χ0n) is 11.3. The van der Waals surface area contributed by atoms with Crippen LogP contribution < -0.4 is 0 Å². The minimum Gasteiger partial charge on any atom is -0.0925 e. The summed E-state index contributed by atoms with van der Waals surface area (Å²) in [5, 5.41) is 1.95. The molecular formula is C18H18BrCl. The van der Waals surface area contributed by atoms with Gasteiger partial charge in [0.2, 0.25) is 0 Å². The molecule has 0 amide bonds. The molecule has 0 N–H and O–H groups in total. The van der Waals surface area contributed by atoms with E-state index in [1.54, 1.807) is 0 Å². The Bertz CT molecular complexity index is 567. The summed E-state index contributed by atoms with van der Waals surface area (Å²) >= 11 is 9.98. The van der Waals surface area contributed by atoms with Crippen molar-refractivity contribution in [3.8, 4) is 0 Å². The van der Waals surface area contributed by atoms with Gasteiger partial charge in [-0.05, 0) is 47.8 Å². The fourth-order valence-corrected chi connectivity index (χ4v) is 4.01. The minimum atomic E-state index is 0.667. The SMILES string of the molecule is Clc1ccccc1CC(CBr)C1CC1c1ccccc1. The summed E-state index contributed by atoms with van der Waals surface area (Å²) in [6.45, 7) is 0. The molecule has 0 spiro atoms. The van der Waals surface area contributed by atoms with E-state index >= 15 is 0 Å². The van der Waals surface area contributed by atoms with Crippen LogP contribution in [0.2, 0.25) is 5.02 Å². The van der Waals surface area contributed by atoms with Crippen LogP contribution in [0.3, 0.4) is 0 Å². The molecule has 0 heterocycles. The molecule has 3 unspecified atom stereocenters. The average molecular weight is 350 g/mol. The molecule has 0 nitrogen and oxygen atoms in total. The summed E-state index contributed by atoms with van der Waals surface area (Å²) in [5.74, 6) is 2.19. The normalized spacial score (nSPS) is 22.5. The Kier molecular flexibility index (Phi) is 4.48. The van der Waals surface area contributed by atoms with E-state index in [0.29, 0.717) is 5.92 Å². The zero-order chi connectivity index (χ0) is 13.9. The van der Waals surface area contributed by atoms with E-state index in [0.717, 1.165) is 28.6 Å². The molecule has 0 aromatic heterocycles. The highest BCUT2D eigenvalue weighted by molar-refractivity contribution is 9.09. The predicted molar refractivity (Wildman–Crippen MR) is 89.7 cm³/mol. The number of rotatable bonds is 5. The van der Waals surface area contributed by atoms with Crippen LogP contribution in [0.5, 0.6) is 0 Å². The van der Waals surface area contributed by atoms with Gasteiger partial charge in [-0.25, -0.2) is 0 Å². The first-order valence-corrected chi connectivity index (χ1v) is 8.64. The molecular weight excluding hydrogens is 332 g/mol. The van der Waals surface area contributed by atoms with Gasteiger partial charge in [0.15, 0.2) is 0 Å². The standard InChI is InChI=1S/C18H18BrCl/c19-12-15(10-14-8-4-5-9-18(14)20)17-11-16(17)13-6-2-1-3-7-13/h1-9,15-17H,10-12H2. The quantitative estimate of drug-likeness (QED) is 0.608. The van der Waals surface area contributed by atoms with Crippen molar-refractivity contribution < 1.29 is 0 Å². The van der Waals surface area contributed by atoms with Crippen LogP contribution in [0.1, 0.15) is 23.5 Å². The lowest BCUT2D eigenvalue weighted by Gasteiger charge is -2.15. The Morgan fingerprint density at radius 2 is 1.75 bits per heavy atom. The third-order valence-electron chi connectivity index (χ3n) is 4.31. The Hall–Kier alpha value is -0.790. The molecule has 3 rings (SSSR count). The summed E-state index contributed by atoms with van der Waals surface area (Å²) in [5.41, 5.74) is 2.76. The van der Waals surface area contributed by atoms with Gasteiger partial charge >= 0.3 is 0 Å². The Morgan fingerprint density at radius 3 is 2.45 bits per heavy atom. The highest BCUT2D eigenvalue weighted by Gasteiger charge is 2.43. The molecule has 0 bridgehead atoms. The van der Waals surface area contributed by atoms with Crippen molar-refractivity contribution in [3.63, 3.8) is 0 Å². The van der Waals surface area contributed by atoms with Gasteiger partial charge in [0.25, 0.3) is 0 Å². The second kappa shape index (κ2) is 6.32. The third kappa shape index (κ3) is 3.10. The number of hydrogen-bond acceptors (Lipinski definition) is 0. The van der Waals surface area contributed by atoms with Crippen molar-refractivity contribution in [2.24, 2.45) is 11.8 Å². The monoisotopic (exact) mass is 348 g/mol. The number of hydrogen-bond donors (Lipinski definition) is 0. The van der Waals surface area contributed by atoms with Crippen molar-refractivity contribution in [3.05, 3.63) is 70.7 Å². The van der Waals surface area contributed by atoms with E-state index in [1.807, 2.05) is 12.1 Å². The van der Waals surface area contributed by atoms with Gasteiger partial charge in [-0.2, -0.15) is 0 Å². The van der Waals surface area contributed by atoms with E-state index in [9.17, 15) is 0 Å². The molecule has 1 aliphatic rings. The summed E-state index contributed by atoms with van der Waals surface area (Å²) in [6, 6.07) is 19.1. The topological polar surface area (TPSA) is 0 Å². The third-order valence-corrected chi connectivity index (χ3v) is 5.51. The zero-order valence-corrected chi connectivity index (χ0v) is 13.6. The lowest BCUT2D eigenvalue weighted by atomic mass is 9.94. The van der Waals surface area contributed by atoms with Crippen molar-refractivity contribution in [2.75, 3.05) is 5.33 Å². The molecule has 3 atom stereocenters. The smallest absolute Gasteiger partial charge is 0.0438 e. The second-order valence-corrected chi connectivity index (χ2v) is 6.68. The van der Waals surface area contributed by atoms with E-state index in [-0.39, 0.29) is 0 Å². The van der Waals surface area contributed by atoms with Crippen molar-refractivity contribution >= 4 is 27.5 Å². The van der Waals surface area contributed by atoms with Crippen LogP contribution >= 0.6 is 27.5 Å². The first-order valence-electron chi connectivity index (χ1n) is 7.14. The maximum atomic E-state index is 6.29. The molecule has 0 saturated heterocycles. The number of alkyl halides is 1. The van der Waals surface area contributed by atoms with Gasteiger partial charge in [0.05, 0.1) is 0 Å². The second-order valence-electron chi connectivity index (χ2n) is 5.63. The van der Waals surface area contributed by atoms with Crippen LogP contribution in [-0.2, 0) is 6.42 Å². The van der Waals surface area contributed by atoms with Gasteiger partial charge in [0, 0.05) is 10.4 Å². The summed E-state index contributed by atoms with van der Waals surface area (Å²) < 4.78 is 0. The van der Waals surface area contributed by atoms with Gasteiger partial charge in [-0.3, -0.25) is 0 Å². The highest BCUT2D eigenvalue weighted by atomic mass is 79.9. The first kappa shape index (κ1) is 14.2. The van der Waals surface area contributed by atoms with E-state index < -0.39 is 0 Å². The summed E-state index contributed by atoms with van der Waals surface area (Å²) in [7, 11) is 0. The molecule has 0 radical (unpaired) electrons. The summed E-state index contributed by atoms with van der Waals surface area (Å²) in [6.07, 6.45) is 2.38. The molecule has 1 fully saturated rings. The molecule has 2 aromatic carbocycles. The highest BCUT2D eigenvalue weighted by Crippen LogP contribution is 2.53. The number of halogens is 2. The minimum absolute atomic E-state index is 0.667. The lowest BCUT2D eigenvalue weighted by Crippen LogP contribution is -2.10. The lowest BCUT2D eigenvalue weighted by molar-refractivity contribution is 0.507. The fraction of sp³-hybridized carbons (Fsp3) is 0.333. The van der Waals surface area contributed by atoms with Gasteiger partial charge < -0.3 is 0 Å². The Morgan fingerprint density at radius 1 is 1.05 bits per heavy atom. The van der Waals surface area contributed by atoms with Crippen LogP contribution in [0.4, 0.5) is 0 Å². The largest absolute Gasteiger partial charge is 0.0925 e. The number of benzene rings is 2. The predicted octanol–water partition coefficient (Wildman–Crippen LogP) is 5.70. The van der Waals surface area contributed by atoms with Gasteiger partial charge in [-0.1, -0.05) is 76.1 Å². The van der Waals surface area contributed by atoms with E-state index in [4.69, 9.17) is 11.6 Å². The Balaban J connectivity index is 1.69. The van der Waals surface area contributed by atoms with E-state index in [1.165, 1.54) is 17.5 Å². The molecule has 20 heavy (non-hydrogen) atoms. The van der Waals surface area contributed by atoms with E-state index in [2.05, 4.69) is 58.4 Å². The molecule has 2 heteroatoms. The molecule has 1 aliphatic carbocycles. The van der Waals surface area contributed by atoms with Crippen LogP contribution in [0, 0.1) is 11.8 Å². The van der Waals surface area contributed by atoms with Gasteiger partial charge in [0.1, 0.15) is 0 Å². The summed E-state index contributed by atoms with van der Waals surface area (Å²) in [4.78, 5) is 0. The maximum Gasteiger partial charge on any atom is 0.0438 e. The van der Waals surface area contributed by atoms with Gasteiger partial charge in [-0.15, -0.1) is 0 Å².